The molecule has 0 unspecified atom stereocenters. The van der Waals surface area contributed by atoms with Crippen LogP contribution in [0.15, 0.2) is 24.3 Å². The van der Waals surface area contributed by atoms with E-state index in [0.717, 1.165) is 6.54 Å². The second kappa shape index (κ2) is 9.34. The summed E-state index contributed by atoms with van der Waals surface area (Å²) < 4.78 is 15.4. The highest BCUT2D eigenvalue weighted by Crippen LogP contribution is 2.19. The first kappa shape index (κ1) is 20.1. The van der Waals surface area contributed by atoms with Crippen LogP contribution >= 0.6 is 12.4 Å². The van der Waals surface area contributed by atoms with Gasteiger partial charge in [0.1, 0.15) is 17.3 Å². The largest absolute Gasteiger partial charge is 0.348 e. The Labute approximate surface area is 147 Å². The van der Waals surface area contributed by atoms with Gasteiger partial charge in [-0.2, -0.15) is 0 Å². The SMILES string of the molecule is CCNCCNC(=O)c1nc(C(C)C)n(-c2ccccc2F)n1.Cl. The summed E-state index contributed by atoms with van der Waals surface area (Å²) >= 11 is 0. The van der Waals surface area contributed by atoms with Crippen LogP contribution in [0.1, 0.15) is 43.1 Å². The van der Waals surface area contributed by atoms with Crippen molar-refractivity contribution in [2.24, 2.45) is 0 Å². The Bertz CT molecular complexity index is 674. The molecule has 0 bridgehead atoms. The summed E-state index contributed by atoms with van der Waals surface area (Å²) in [6.07, 6.45) is 0. The number of benzene rings is 1. The third-order valence-electron chi connectivity index (χ3n) is 3.27. The molecule has 6 nitrogen and oxygen atoms in total. The highest BCUT2D eigenvalue weighted by Gasteiger charge is 2.20. The highest BCUT2D eigenvalue weighted by molar-refractivity contribution is 5.90. The topological polar surface area (TPSA) is 71.8 Å². The minimum atomic E-state index is -0.404. The van der Waals surface area contributed by atoms with Gasteiger partial charge in [-0.25, -0.2) is 14.1 Å². The first-order valence-electron chi connectivity index (χ1n) is 7.75. The minimum absolute atomic E-state index is 0. The van der Waals surface area contributed by atoms with E-state index in [4.69, 9.17) is 0 Å². The van der Waals surface area contributed by atoms with Crippen LogP contribution in [0, 0.1) is 5.82 Å². The van der Waals surface area contributed by atoms with Gasteiger partial charge in [0, 0.05) is 19.0 Å². The van der Waals surface area contributed by atoms with E-state index in [1.807, 2.05) is 20.8 Å². The lowest BCUT2D eigenvalue weighted by molar-refractivity contribution is 0.0943. The maximum absolute atomic E-state index is 14.0. The van der Waals surface area contributed by atoms with Crippen molar-refractivity contribution in [2.75, 3.05) is 19.6 Å². The first-order chi connectivity index (χ1) is 11.0. The second-order valence-electron chi connectivity index (χ2n) is 5.42. The number of nitrogens with zero attached hydrogens (tertiary/aromatic N) is 3. The molecule has 1 aromatic heterocycles. The van der Waals surface area contributed by atoms with Crippen molar-refractivity contribution in [2.45, 2.75) is 26.7 Å². The van der Waals surface area contributed by atoms with Gasteiger partial charge in [-0.15, -0.1) is 17.5 Å². The van der Waals surface area contributed by atoms with Crippen molar-refractivity contribution in [1.29, 1.82) is 0 Å². The van der Waals surface area contributed by atoms with Gasteiger partial charge in [-0.05, 0) is 18.7 Å². The zero-order valence-electron chi connectivity index (χ0n) is 14.0. The second-order valence-corrected chi connectivity index (χ2v) is 5.42. The Morgan fingerprint density at radius 1 is 1.29 bits per heavy atom. The molecular weight excluding hydrogens is 333 g/mol. The third kappa shape index (κ3) is 4.75. The molecular formula is C16H23ClFN5O. The van der Waals surface area contributed by atoms with E-state index in [0.29, 0.717) is 18.9 Å². The van der Waals surface area contributed by atoms with Gasteiger partial charge < -0.3 is 10.6 Å². The van der Waals surface area contributed by atoms with Gasteiger partial charge in [0.2, 0.25) is 5.82 Å². The molecule has 0 aliphatic carbocycles. The van der Waals surface area contributed by atoms with Crippen molar-refractivity contribution in [1.82, 2.24) is 25.4 Å². The number of halogens is 2. The smallest absolute Gasteiger partial charge is 0.291 e. The van der Waals surface area contributed by atoms with E-state index < -0.39 is 5.82 Å². The fraction of sp³-hybridized carbons (Fsp3) is 0.438. The molecule has 8 heteroatoms. The predicted octanol–water partition coefficient (Wildman–Crippen LogP) is 2.29. The molecule has 0 fully saturated rings. The molecule has 2 aromatic rings. The molecule has 1 amide bonds. The number of amides is 1. The van der Waals surface area contributed by atoms with E-state index in [1.165, 1.54) is 10.7 Å². The van der Waals surface area contributed by atoms with E-state index in [-0.39, 0.29) is 35.7 Å². The number of nitrogens with one attached hydrogen (secondary N) is 2. The summed E-state index contributed by atoms with van der Waals surface area (Å²) in [6.45, 7) is 7.84. The van der Waals surface area contributed by atoms with Crippen molar-refractivity contribution in [3.05, 3.63) is 41.7 Å². The summed E-state index contributed by atoms with van der Waals surface area (Å²) in [4.78, 5) is 16.4. The molecule has 0 radical (unpaired) electrons. The van der Waals surface area contributed by atoms with Gasteiger partial charge in [0.05, 0.1) is 0 Å². The van der Waals surface area contributed by atoms with Crippen LogP contribution in [-0.2, 0) is 0 Å². The van der Waals surface area contributed by atoms with Crippen LogP contribution in [0.4, 0.5) is 4.39 Å². The Kier molecular flexibility index (Phi) is 7.81. The number of carbonyl (C=O) groups excluding carboxylic acids is 1. The van der Waals surface area contributed by atoms with Crippen LogP contribution in [0.2, 0.25) is 0 Å². The molecule has 132 valence electrons. The number of likely N-dealkylation sites (N-methyl/N-ethyl adjacent to an activating group) is 1. The monoisotopic (exact) mass is 355 g/mol. The molecule has 24 heavy (non-hydrogen) atoms. The van der Waals surface area contributed by atoms with E-state index in [1.54, 1.807) is 18.2 Å². The van der Waals surface area contributed by atoms with Gasteiger partial charge in [0.15, 0.2) is 0 Å². The fourth-order valence-electron chi connectivity index (χ4n) is 2.12. The number of carbonyl (C=O) groups is 1. The van der Waals surface area contributed by atoms with Crippen LogP contribution in [0.3, 0.4) is 0 Å². The van der Waals surface area contributed by atoms with Gasteiger partial charge in [0.25, 0.3) is 5.91 Å². The Balaban J connectivity index is 0.00000288. The highest BCUT2D eigenvalue weighted by atomic mass is 35.5. The lowest BCUT2D eigenvalue weighted by atomic mass is 10.2. The Hall–Kier alpha value is -1.99. The summed E-state index contributed by atoms with van der Waals surface area (Å²) in [5.74, 6) is -0.163. The standard InChI is InChI=1S/C16H22FN5O.ClH/c1-4-18-9-10-19-16(23)14-20-15(11(2)3)22(21-14)13-8-6-5-7-12(13)17;/h5-8,11,18H,4,9-10H2,1-3H3,(H,19,23);1H. The maximum atomic E-state index is 14.0. The summed E-state index contributed by atoms with van der Waals surface area (Å²) in [5.41, 5.74) is 0.287. The predicted molar refractivity (Wildman–Crippen MR) is 93.5 cm³/mol. The maximum Gasteiger partial charge on any atom is 0.291 e. The van der Waals surface area contributed by atoms with E-state index >= 15 is 0 Å². The van der Waals surface area contributed by atoms with Crippen molar-refractivity contribution < 1.29 is 9.18 Å². The number of aromatic nitrogens is 3. The zero-order valence-corrected chi connectivity index (χ0v) is 14.9. The van der Waals surface area contributed by atoms with Crippen LogP contribution in [0.25, 0.3) is 5.69 Å². The zero-order chi connectivity index (χ0) is 16.8. The van der Waals surface area contributed by atoms with Crippen molar-refractivity contribution >= 4 is 18.3 Å². The molecule has 0 saturated carbocycles. The Morgan fingerprint density at radius 3 is 2.62 bits per heavy atom. The number of rotatable bonds is 7. The summed E-state index contributed by atoms with van der Waals surface area (Å²) in [7, 11) is 0. The summed E-state index contributed by atoms with van der Waals surface area (Å²) in [6, 6.07) is 6.31. The molecule has 2 N–H and O–H groups in total. The quantitative estimate of drug-likeness (QED) is 0.747. The van der Waals surface area contributed by atoms with Gasteiger partial charge in [-0.3, -0.25) is 4.79 Å². The van der Waals surface area contributed by atoms with Crippen LogP contribution < -0.4 is 10.6 Å². The normalized spacial score (nSPS) is 10.5. The molecule has 0 spiro atoms. The summed E-state index contributed by atoms with van der Waals surface area (Å²) in [5, 5.41) is 10.1. The minimum Gasteiger partial charge on any atom is -0.348 e. The first-order valence-corrected chi connectivity index (χ1v) is 7.75. The van der Waals surface area contributed by atoms with Crippen LogP contribution in [0.5, 0.6) is 0 Å². The molecule has 0 aliphatic rings. The number of hydrogen-bond acceptors (Lipinski definition) is 4. The van der Waals surface area contributed by atoms with Crippen molar-refractivity contribution in [3.8, 4) is 5.69 Å². The lowest BCUT2D eigenvalue weighted by Crippen LogP contribution is -2.32. The van der Waals surface area contributed by atoms with E-state index in [2.05, 4.69) is 20.7 Å². The molecule has 0 saturated heterocycles. The lowest BCUT2D eigenvalue weighted by Gasteiger charge is -2.08. The molecule has 0 atom stereocenters. The van der Waals surface area contributed by atoms with Gasteiger partial charge >= 0.3 is 0 Å². The molecule has 1 aromatic carbocycles. The van der Waals surface area contributed by atoms with Gasteiger partial charge in [-0.1, -0.05) is 32.9 Å². The average molecular weight is 356 g/mol. The Morgan fingerprint density at radius 2 is 2.00 bits per heavy atom. The fourth-order valence-corrected chi connectivity index (χ4v) is 2.12. The average Bonchev–Trinajstić information content (AvgIpc) is 2.97. The number of hydrogen-bond donors (Lipinski definition) is 2. The molecule has 0 aliphatic heterocycles. The molecule has 2 rings (SSSR count). The molecule has 1 heterocycles. The van der Waals surface area contributed by atoms with Crippen LogP contribution in [-0.4, -0.2) is 40.3 Å². The van der Waals surface area contributed by atoms with Crippen molar-refractivity contribution in [3.63, 3.8) is 0 Å². The third-order valence-corrected chi connectivity index (χ3v) is 3.27. The van der Waals surface area contributed by atoms with E-state index in [9.17, 15) is 9.18 Å². The number of para-hydroxylation sites is 1.